The summed E-state index contributed by atoms with van der Waals surface area (Å²) in [6.07, 6.45) is 4.52. The number of benzene rings is 1. The second kappa shape index (κ2) is 8.74. The van der Waals surface area contributed by atoms with Crippen molar-refractivity contribution >= 4 is 40.9 Å². The Labute approximate surface area is 175 Å². The zero-order chi connectivity index (χ0) is 20.4. The van der Waals surface area contributed by atoms with Crippen LogP contribution in [0.1, 0.15) is 31.7 Å². The molecule has 0 atom stereocenters. The molecular formula is C18H20ClF2N5O2S. The Morgan fingerprint density at radius 3 is 2.72 bits per heavy atom. The maximum atomic E-state index is 12.3. The topological polar surface area (TPSA) is 72.3 Å². The number of carbonyl (C=O) groups excluding carboxylic acids is 1. The van der Waals surface area contributed by atoms with Crippen molar-refractivity contribution in [1.29, 1.82) is 0 Å². The number of thioether (sulfide) groups is 1. The lowest BCUT2D eigenvalue weighted by atomic mass is 10.3. The van der Waals surface area contributed by atoms with E-state index in [0.29, 0.717) is 11.7 Å². The van der Waals surface area contributed by atoms with Gasteiger partial charge in [0.15, 0.2) is 5.16 Å². The van der Waals surface area contributed by atoms with Crippen LogP contribution in [0.3, 0.4) is 0 Å². The number of anilines is 2. The highest BCUT2D eigenvalue weighted by Crippen LogP contribution is 2.41. The Bertz CT molecular complexity index is 887. The molecule has 1 amide bonds. The summed E-state index contributed by atoms with van der Waals surface area (Å²) >= 11 is 7.25. The summed E-state index contributed by atoms with van der Waals surface area (Å²) in [5.74, 6) is 0.662. The number of halogens is 3. The molecule has 4 rings (SSSR count). The maximum Gasteiger partial charge on any atom is 0.387 e. The molecule has 11 heteroatoms. The highest BCUT2D eigenvalue weighted by atomic mass is 35.5. The van der Waals surface area contributed by atoms with Gasteiger partial charge < -0.3 is 15.0 Å². The van der Waals surface area contributed by atoms with Crippen LogP contribution in [0.4, 0.5) is 20.4 Å². The number of nitrogens with zero attached hydrogens (tertiary/aromatic N) is 4. The van der Waals surface area contributed by atoms with Crippen LogP contribution in [-0.4, -0.2) is 46.1 Å². The third kappa shape index (κ3) is 4.92. The zero-order valence-corrected chi connectivity index (χ0v) is 17.1. The van der Waals surface area contributed by atoms with Crippen LogP contribution in [0.15, 0.2) is 23.4 Å². The van der Waals surface area contributed by atoms with Gasteiger partial charge >= 0.3 is 6.61 Å². The fourth-order valence-corrected chi connectivity index (χ4v) is 4.28. The number of alkyl halides is 2. The molecule has 2 aromatic rings. The van der Waals surface area contributed by atoms with Gasteiger partial charge in [-0.25, -0.2) is 0 Å². The van der Waals surface area contributed by atoms with Crippen LogP contribution >= 0.6 is 23.4 Å². The third-order valence-corrected chi connectivity index (χ3v) is 5.95. The zero-order valence-electron chi connectivity index (χ0n) is 15.5. The van der Waals surface area contributed by atoms with Gasteiger partial charge in [-0.1, -0.05) is 23.4 Å². The molecule has 1 aliphatic heterocycles. The second-order valence-corrected chi connectivity index (χ2v) is 8.29. The van der Waals surface area contributed by atoms with Crippen molar-refractivity contribution in [3.8, 4) is 5.75 Å². The summed E-state index contributed by atoms with van der Waals surface area (Å²) in [6.45, 7) is -0.983. The van der Waals surface area contributed by atoms with E-state index in [4.69, 9.17) is 11.6 Å². The molecule has 0 spiro atoms. The minimum atomic E-state index is -2.96. The molecule has 1 N–H and O–H groups in total. The average Bonchev–Trinajstić information content (AvgIpc) is 3.20. The van der Waals surface area contributed by atoms with Gasteiger partial charge in [0.25, 0.3) is 0 Å². The molecule has 1 saturated carbocycles. The lowest BCUT2D eigenvalue weighted by molar-refractivity contribution is -0.113. The van der Waals surface area contributed by atoms with E-state index in [1.54, 1.807) is 0 Å². The number of nitrogens with one attached hydrogen (secondary N) is 1. The predicted octanol–water partition coefficient (Wildman–Crippen LogP) is 4.20. The minimum absolute atomic E-state index is 0.000477. The molecule has 29 heavy (non-hydrogen) atoms. The molecule has 7 nitrogen and oxygen atoms in total. The smallest absolute Gasteiger partial charge is 0.387 e. The summed E-state index contributed by atoms with van der Waals surface area (Å²) in [5, 5.41) is 12.1. The highest BCUT2D eigenvalue weighted by Gasteiger charge is 2.32. The van der Waals surface area contributed by atoms with Gasteiger partial charge in [-0.05, 0) is 43.9 Å². The van der Waals surface area contributed by atoms with Crippen molar-refractivity contribution in [1.82, 2.24) is 14.8 Å². The van der Waals surface area contributed by atoms with Crippen LogP contribution in [0.2, 0.25) is 5.02 Å². The maximum absolute atomic E-state index is 12.3. The Kier molecular flexibility index (Phi) is 6.09. The van der Waals surface area contributed by atoms with Gasteiger partial charge in [0.2, 0.25) is 11.9 Å². The molecule has 0 radical (unpaired) electrons. The van der Waals surface area contributed by atoms with Crippen molar-refractivity contribution in [2.75, 3.05) is 29.1 Å². The van der Waals surface area contributed by atoms with Crippen LogP contribution in [0.5, 0.6) is 5.75 Å². The first kappa shape index (κ1) is 20.2. The van der Waals surface area contributed by atoms with Gasteiger partial charge in [-0.2, -0.15) is 8.78 Å². The van der Waals surface area contributed by atoms with Gasteiger partial charge in [0.1, 0.15) is 5.75 Å². The molecule has 1 aliphatic carbocycles. The number of carbonyl (C=O) groups is 1. The molecule has 2 fully saturated rings. The summed E-state index contributed by atoms with van der Waals surface area (Å²) in [5.41, 5.74) is 0.406. The van der Waals surface area contributed by atoms with E-state index in [0.717, 1.165) is 49.9 Å². The molecule has 156 valence electrons. The van der Waals surface area contributed by atoms with Gasteiger partial charge in [0, 0.05) is 24.8 Å². The first-order valence-electron chi connectivity index (χ1n) is 9.38. The van der Waals surface area contributed by atoms with E-state index < -0.39 is 6.61 Å². The lowest BCUT2D eigenvalue weighted by Crippen LogP contribution is -2.22. The number of rotatable bonds is 8. The predicted molar refractivity (Wildman–Crippen MR) is 107 cm³/mol. The quantitative estimate of drug-likeness (QED) is 0.616. The summed E-state index contributed by atoms with van der Waals surface area (Å²) in [7, 11) is 0. The minimum Gasteiger partial charge on any atom is -0.433 e. The highest BCUT2D eigenvalue weighted by molar-refractivity contribution is 7.99. The van der Waals surface area contributed by atoms with Crippen LogP contribution in [0.25, 0.3) is 0 Å². The van der Waals surface area contributed by atoms with Crippen molar-refractivity contribution in [2.24, 2.45) is 0 Å². The Morgan fingerprint density at radius 2 is 2.07 bits per heavy atom. The molecule has 1 saturated heterocycles. The third-order valence-electron chi connectivity index (χ3n) is 4.71. The molecule has 0 bridgehead atoms. The fraction of sp³-hybridized carbons (Fsp3) is 0.500. The molecule has 1 aromatic heterocycles. The molecule has 0 unspecified atom stereocenters. The van der Waals surface area contributed by atoms with Crippen molar-refractivity contribution in [3.05, 3.63) is 23.2 Å². The lowest BCUT2D eigenvalue weighted by Gasteiger charge is -2.17. The van der Waals surface area contributed by atoms with Gasteiger partial charge in [-0.15, -0.1) is 10.2 Å². The van der Waals surface area contributed by atoms with E-state index in [1.165, 1.54) is 30.0 Å². The van der Waals surface area contributed by atoms with E-state index in [1.807, 2.05) is 0 Å². The number of hydrogen-bond acceptors (Lipinski definition) is 6. The number of aromatic nitrogens is 3. The summed E-state index contributed by atoms with van der Waals surface area (Å²) in [6, 6.07) is 4.54. The van der Waals surface area contributed by atoms with Crippen LogP contribution < -0.4 is 15.0 Å². The monoisotopic (exact) mass is 443 g/mol. The average molecular weight is 444 g/mol. The molecule has 1 aromatic carbocycles. The van der Waals surface area contributed by atoms with E-state index in [9.17, 15) is 13.6 Å². The second-order valence-electron chi connectivity index (χ2n) is 6.94. The van der Waals surface area contributed by atoms with Crippen molar-refractivity contribution in [3.63, 3.8) is 0 Å². The molecular weight excluding hydrogens is 424 g/mol. The van der Waals surface area contributed by atoms with Crippen LogP contribution in [0, 0.1) is 0 Å². The first-order chi connectivity index (χ1) is 14.0. The fourth-order valence-electron chi connectivity index (χ4n) is 3.25. The number of ether oxygens (including phenoxy) is 1. The van der Waals surface area contributed by atoms with E-state index in [2.05, 4.69) is 29.7 Å². The number of hydrogen-bond donors (Lipinski definition) is 1. The van der Waals surface area contributed by atoms with Crippen LogP contribution in [-0.2, 0) is 4.79 Å². The standard InChI is InChI=1S/C18H20ClF2N5O2S/c19-13-9-11(3-6-14(13)28-16(20)21)22-15(27)10-29-18-24-23-17(25-7-1-2-8-25)26(18)12-4-5-12/h3,6,9,12,16H,1-2,4-5,7-8,10H2,(H,22,27). The van der Waals surface area contributed by atoms with E-state index in [-0.39, 0.29) is 22.4 Å². The van der Waals surface area contributed by atoms with Crippen molar-refractivity contribution < 1.29 is 18.3 Å². The Hall–Kier alpha value is -2.07. The Balaban J connectivity index is 1.37. The van der Waals surface area contributed by atoms with Crippen molar-refractivity contribution in [2.45, 2.75) is 43.5 Å². The van der Waals surface area contributed by atoms with E-state index >= 15 is 0 Å². The largest absolute Gasteiger partial charge is 0.433 e. The first-order valence-corrected chi connectivity index (χ1v) is 10.7. The molecule has 2 heterocycles. The number of amides is 1. The SMILES string of the molecule is O=C(CSc1nnc(N2CCCC2)n1C1CC1)Nc1ccc(OC(F)F)c(Cl)c1. The summed E-state index contributed by atoms with van der Waals surface area (Å²) in [4.78, 5) is 14.6. The van der Waals surface area contributed by atoms with Gasteiger partial charge in [-0.3, -0.25) is 9.36 Å². The Morgan fingerprint density at radius 1 is 1.31 bits per heavy atom. The van der Waals surface area contributed by atoms with Gasteiger partial charge in [0.05, 0.1) is 10.8 Å². The molecule has 2 aliphatic rings. The normalized spacial score (nSPS) is 16.5. The summed E-state index contributed by atoms with van der Waals surface area (Å²) < 4.78 is 31.0.